The normalized spacial score (nSPS) is 13.6. The van der Waals surface area contributed by atoms with Crippen molar-refractivity contribution >= 4 is 44.7 Å². The van der Waals surface area contributed by atoms with Crippen molar-refractivity contribution in [2.24, 2.45) is 0 Å². The predicted octanol–water partition coefficient (Wildman–Crippen LogP) is 3.75. The highest BCUT2D eigenvalue weighted by Crippen LogP contribution is 2.32. The van der Waals surface area contributed by atoms with Gasteiger partial charge in [-0.2, -0.15) is 0 Å². The number of pyridine rings is 1. The molecule has 1 aliphatic rings. The smallest absolute Gasteiger partial charge is 0.262 e. The zero-order chi connectivity index (χ0) is 23.4. The molecule has 1 aromatic heterocycles. The fraction of sp³-hybridized carbons (Fsp3) is 0.182. The average molecular weight is 489 g/mol. The van der Waals surface area contributed by atoms with Crippen LogP contribution < -0.4 is 24.8 Å². The number of nitrogens with one attached hydrogen (secondary N) is 3. The van der Waals surface area contributed by atoms with E-state index >= 15 is 0 Å². The van der Waals surface area contributed by atoms with E-state index in [2.05, 4.69) is 20.3 Å². The van der Waals surface area contributed by atoms with Gasteiger partial charge in [-0.3, -0.25) is 9.52 Å². The molecule has 0 fully saturated rings. The molecule has 1 amide bonds. The maximum atomic E-state index is 12.7. The number of aromatic nitrogens is 1. The van der Waals surface area contributed by atoms with Crippen LogP contribution in [0, 0.1) is 0 Å². The number of halogens is 1. The van der Waals surface area contributed by atoms with Gasteiger partial charge < -0.3 is 20.1 Å². The molecule has 0 radical (unpaired) electrons. The van der Waals surface area contributed by atoms with E-state index < -0.39 is 16.1 Å². The second kappa shape index (κ2) is 9.55. The molecule has 11 heteroatoms. The number of rotatable bonds is 7. The molecule has 3 N–H and O–H groups in total. The van der Waals surface area contributed by atoms with Gasteiger partial charge >= 0.3 is 0 Å². The topological polar surface area (TPSA) is 119 Å². The number of nitrogens with zero attached hydrogens (tertiary/aromatic N) is 1. The molecule has 0 bridgehead atoms. The number of hydrogen-bond donors (Lipinski definition) is 3. The van der Waals surface area contributed by atoms with Crippen molar-refractivity contribution in [3.63, 3.8) is 0 Å². The molecule has 1 aliphatic heterocycles. The SMILES string of the molecule is CC(Nc1ccc(NS(=O)(=O)c2ccc3c(c2)OCCO3)cc1)C(=O)Nc1ccc(Cl)cn1. The van der Waals surface area contributed by atoms with Gasteiger partial charge in [-0.15, -0.1) is 0 Å². The third-order valence-electron chi connectivity index (χ3n) is 4.72. The molecule has 3 aromatic rings. The van der Waals surface area contributed by atoms with Crippen LogP contribution in [0.1, 0.15) is 6.92 Å². The maximum absolute atomic E-state index is 12.7. The Morgan fingerprint density at radius 1 is 1.00 bits per heavy atom. The van der Waals surface area contributed by atoms with Crippen LogP contribution in [0.5, 0.6) is 11.5 Å². The summed E-state index contributed by atoms with van der Waals surface area (Å²) in [4.78, 5) is 16.5. The first kappa shape index (κ1) is 22.7. The first-order chi connectivity index (χ1) is 15.8. The van der Waals surface area contributed by atoms with Crippen molar-refractivity contribution < 1.29 is 22.7 Å². The lowest BCUT2D eigenvalue weighted by Crippen LogP contribution is -2.32. The summed E-state index contributed by atoms with van der Waals surface area (Å²) in [5, 5.41) is 6.22. The summed E-state index contributed by atoms with van der Waals surface area (Å²) in [5.74, 6) is 1.01. The Bertz CT molecular complexity index is 1250. The molecule has 2 aromatic carbocycles. The van der Waals surface area contributed by atoms with Gasteiger partial charge in [-0.1, -0.05) is 11.6 Å². The standard InChI is InChI=1S/C22H21ClN4O5S/c1-14(22(28)26-21-9-2-15(23)13-24-21)25-16-3-5-17(6-4-16)27-33(29,30)18-7-8-19-20(12-18)32-11-10-31-19/h2-9,12-14,25,27H,10-11H2,1H3,(H,24,26,28). The monoisotopic (exact) mass is 488 g/mol. The quantitative estimate of drug-likeness (QED) is 0.463. The molecule has 2 heterocycles. The summed E-state index contributed by atoms with van der Waals surface area (Å²) in [6.07, 6.45) is 1.44. The van der Waals surface area contributed by atoms with E-state index in [4.69, 9.17) is 21.1 Å². The summed E-state index contributed by atoms with van der Waals surface area (Å²) in [7, 11) is -3.82. The largest absolute Gasteiger partial charge is 0.486 e. The highest BCUT2D eigenvalue weighted by atomic mass is 35.5. The Labute approximate surface area is 196 Å². The molecular weight excluding hydrogens is 468 g/mol. The molecule has 0 spiro atoms. The Kier molecular flexibility index (Phi) is 6.57. The third-order valence-corrected chi connectivity index (χ3v) is 6.32. The minimum absolute atomic E-state index is 0.0649. The van der Waals surface area contributed by atoms with Crippen LogP contribution in [0.25, 0.3) is 0 Å². The number of carbonyl (C=O) groups is 1. The Morgan fingerprint density at radius 2 is 1.70 bits per heavy atom. The number of ether oxygens (including phenoxy) is 2. The van der Waals surface area contributed by atoms with Gasteiger partial charge in [0.25, 0.3) is 10.0 Å². The maximum Gasteiger partial charge on any atom is 0.262 e. The van der Waals surface area contributed by atoms with Crippen molar-refractivity contribution in [2.45, 2.75) is 17.9 Å². The van der Waals surface area contributed by atoms with Crippen LogP contribution >= 0.6 is 11.6 Å². The van der Waals surface area contributed by atoms with E-state index in [1.807, 2.05) is 0 Å². The second-order valence-corrected chi connectivity index (χ2v) is 9.32. The van der Waals surface area contributed by atoms with Crippen LogP contribution in [0.2, 0.25) is 5.02 Å². The van der Waals surface area contributed by atoms with Crippen LogP contribution in [0.3, 0.4) is 0 Å². The van der Waals surface area contributed by atoms with Crippen molar-refractivity contribution in [1.82, 2.24) is 4.98 Å². The highest BCUT2D eigenvalue weighted by molar-refractivity contribution is 7.92. The number of carbonyl (C=O) groups excluding carboxylic acids is 1. The molecule has 0 aliphatic carbocycles. The van der Waals surface area contributed by atoms with E-state index in [-0.39, 0.29) is 10.8 Å². The fourth-order valence-corrected chi connectivity index (χ4v) is 4.22. The van der Waals surface area contributed by atoms with Crippen LogP contribution in [-0.4, -0.2) is 38.6 Å². The van der Waals surface area contributed by atoms with Crippen LogP contribution in [0.4, 0.5) is 17.2 Å². The van der Waals surface area contributed by atoms with E-state index in [1.165, 1.54) is 18.3 Å². The van der Waals surface area contributed by atoms with Gasteiger partial charge in [0, 0.05) is 23.6 Å². The molecule has 0 saturated heterocycles. The molecule has 1 unspecified atom stereocenters. The van der Waals surface area contributed by atoms with Crippen molar-refractivity contribution in [2.75, 3.05) is 28.6 Å². The van der Waals surface area contributed by atoms with Crippen molar-refractivity contribution in [1.29, 1.82) is 0 Å². The summed E-state index contributed by atoms with van der Waals surface area (Å²) < 4.78 is 38.9. The summed E-state index contributed by atoms with van der Waals surface area (Å²) in [6, 6.07) is 13.7. The van der Waals surface area contributed by atoms with E-state index in [9.17, 15) is 13.2 Å². The van der Waals surface area contributed by atoms with E-state index in [0.717, 1.165) is 0 Å². The Morgan fingerprint density at radius 3 is 2.39 bits per heavy atom. The van der Waals surface area contributed by atoms with Gasteiger partial charge in [-0.05, 0) is 55.5 Å². The number of fused-ring (bicyclic) bond motifs is 1. The van der Waals surface area contributed by atoms with Gasteiger partial charge in [0.1, 0.15) is 25.1 Å². The van der Waals surface area contributed by atoms with Crippen molar-refractivity contribution in [3.05, 3.63) is 65.8 Å². The van der Waals surface area contributed by atoms with Gasteiger partial charge in [0.15, 0.2) is 11.5 Å². The molecule has 9 nitrogen and oxygen atoms in total. The minimum Gasteiger partial charge on any atom is -0.486 e. The number of amides is 1. The predicted molar refractivity (Wildman–Crippen MR) is 126 cm³/mol. The van der Waals surface area contributed by atoms with Gasteiger partial charge in [0.2, 0.25) is 5.91 Å². The summed E-state index contributed by atoms with van der Waals surface area (Å²) in [6.45, 7) is 2.49. The molecule has 172 valence electrons. The van der Waals surface area contributed by atoms with Crippen LogP contribution in [-0.2, 0) is 14.8 Å². The Hall–Kier alpha value is -3.50. The van der Waals surface area contributed by atoms with E-state index in [0.29, 0.717) is 46.9 Å². The van der Waals surface area contributed by atoms with Crippen LogP contribution in [0.15, 0.2) is 65.7 Å². The minimum atomic E-state index is -3.82. The highest BCUT2D eigenvalue weighted by Gasteiger charge is 2.20. The molecular formula is C22H21ClN4O5S. The number of hydrogen-bond acceptors (Lipinski definition) is 7. The first-order valence-corrected chi connectivity index (χ1v) is 11.9. The zero-order valence-corrected chi connectivity index (χ0v) is 19.1. The average Bonchev–Trinajstić information content (AvgIpc) is 2.81. The summed E-state index contributed by atoms with van der Waals surface area (Å²) in [5.41, 5.74) is 1.02. The van der Waals surface area contributed by atoms with E-state index in [1.54, 1.807) is 49.4 Å². The molecule has 33 heavy (non-hydrogen) atoms. The number of anilines is 3. The van der Waals surface area contributed by atoms with Gasteiger partial charge in [-0.25, -0.2) is 13.4 Å². The lowest BCUT2D eigenvalue weighted by Gasteiger charge is -2.19. The van der Waals surface area contributed by atoms with Gasteiger partial charge in [0.05, 0.1) is 9.92 Å². The first-order valence-electron chi connectivity index (χ1n) is 10.0. The third kappa shape index (κ3) is 5.65. The zero-order valence-electron chi connectivity index (χ0n) is 17.5. The fourth-order valence-electron chi connectivity index (χ4n) is 3.04. The summed E-state index contributed by atoms with van der Waals surface area (Å²) >= 11 is 5.79. The number of benzene rings is 2. The lowest BCUT2D eigenvalue weighted by molar-refractivity contribution is -0.116. The molecule has 0 saturated carbocycles. The Balaban J connectivity index is 1.37. The number of sulfonamides is 1. The molecule has 1 atom stereocenters. The molecule has 4 rings (SSSR count). The second-order valence-electron chi connectivity index (χ2n) is 7.21. The van der Waals surface area contributed by atoms with Crippen molar-refractivity contribution in [3.8, 4) is 11.5 Å². The lowest BCUT2D eigenvalue weighted by atomic mass is 10.2.